The summed E-state index contributed by atoms with van der Waals surface area (Å²) < 4.78 is 10.5. The Morgan fingerprint density at radius 3 is 2.70 bits per heavy atom. The molecule has 2 amide bonds. The fourth-order valence-corrected chi connectivity index (χ4v) is 5.42. The molecule has 7 nitrogen and oxygen atoms in total. The van der Waals surface area contributed by atoms with E-state index in [1.807, 2.05) is 29.2 Å². The molecule has 0 unspecified atom stereocenters. The van der Waals surface area contributed by atoms with Gasteiger partial charge in [-0.15, -0.1) is 0 Å². The highest BCUT2D eigenvalue weighted by Crippen LogP contribution is 2.50. The van der Waals surface area contributed by atoms with Crippen LogP contribution in [0.5, 0.6) is 0 Å². The Bertz CT molecular complexity index is 812. The van der Waals surface area contributed by atoms with E-state index < -0.39 is 11.5 Å². The van der Waals surface area contributed by atoms with Crippen molar-refractivity contribution >= 4 is 17.8 Å². The van der Waals surface area contributed by atoms with Crippen LogP contribution in [0.15, 0.2) is 24.3 Å². The third kappa shape index (κ3) is 3.71. The first-order chi connectivity index (χ1) is 14.6. The summed E-state index contributed by atoms with van der Waals surface area (Å²) in [5.41, 5.74) is 0.858. The van der Waals surface area contributed by atoms with Crippen LogP contribution in [0, 0.1) is 0 Å². The predicted molar refractivity (Wildman–Crippen MR) is 110 cm³/mol. The van der Waals surface area contributed by atoms with Gasteiger partial charge in [0.15, 0.2) is 0 Å². The first kappa shape index (κ1) is 20.8. The van der Waals surface area contributed by atoms with Gasteiger partial charge in [-0.3, -0.25) is 14.4 Å². The predicted octanol–water partition coefficient (Wildman–Crippen LogP) is 2.40. The monoisotopic (exact) mass is 414 g/mol. The first-order valence-corrected chi connectivity index (χ1v) is 10.9. The Hall–Kier alpha value is -2.41. The number of fused-ring (bicyclic) bond motifs is 1. The van der Waals surface area contributed by atoms with Crippen LogP contribution in [0.4, 0.5) is 0 Å². The zero-order valence-corrected chi connectivity index (χ0v) is 17.5. The summed E-state index contributed by atoms with van der Waals surface area (Å²) in [5.74, 6) is -0.933. The summed E-state index contributed by atoms with van der Waals surface area (Å²) in [5, 5.41) is 2.93. The fraction of sp³-hybridized carbons (Fsp3) is 0.609. The third-order valence-corrected chi connectivity index (χ3v) is 6.82. The van der Waals surface area contributed by atoms with Crippen molar-refractivity contribution in [3.8, 4) is 0 Å². The number of ether oxygens (including phenoxy) is 2. The molecule has 0 bridgehead atoms. The fourth-order valence-electron chi connectivity index (χ4n) is 5.42. The minimum absolute atomic E-state index is 0.00149. The summed E-state index contributed by atoms with van der Waals surface area (Å²) in [7, 11) is 1.34. The van der Waals surface area contributed by atoms with Gasteiger partial charge >= 0.3 is 5.97 Å². The van der Waals surface area contributed by atoms with E-state index in [0.29, 0.717) is 12.1 Å². The van der Waals surface area contributed by atoms with Crippen LogP contribution in [0.25, 0.3) is 0 Å². The van der Waals surface area contributed by atoms with Crippen molar-refractivity contribution in [1.29, 1.82) is 0 Å². The van der Waals surface area contributed by atoms with Crippen LogP contribution in [-0.2, 0) is 19.1 Å². The molecule has 1 saturated carbocycles. The van der Waals surface area contributed by atoms with E-state index in [4.69, 9.17) is 4.74 Å². The number of carbonyl (C=O) groups is 3. The van der Waals surface area contributed by atoms with E-state index >= 15 is 0 Å². The number of hydrogen-bond donors (Lipinski definition) is 1. The molecule has 1 saturated heterocycles. The third-order valence-electron chi connectivity index (χ3n) is 6.82. The molecule has 2 aliphatic heterocycles. The molecule has 2 fully saturated rings. The lowest BCUT2D eigenvalue weighted by molar-refractivity contribution is -0.140. The number of esters is 1. The Morgan fingerprint density at radius 1 is 1.23 bits per heavy atom. The summed E-state index contributed by atoms with van der Waals surface area (Å²) in [6.07, 6.45) is 5.68. The van der Waals surface area contributed by atoms with Gasteiger partial charge in [-0.25, -0.2) is 0 Å². The van der Waals surface area contributed by atoms with Crippen molar-refractivity contribution in [2.75, 3.05) is 26.8 Å². The average Bonchev–Trinajstić information content (AvgIpc) is 3.44. The second-order valence-corrected chi connectivity index (χ2v) is 8.50. The SMILES string of the molecule is COC(=O)CCNC(=O)[C@@H]1c2ccccc2C(=O)N(C[C@@H]2CCCO2)C12CCCC2. The molecule has 1 aromatic rings. The summed E-state index contributed by atoms with van der Waals surface area (Å²) in [4.78, 5) is 40.4. The van der Waals surface area contributed by atoms with Gasteiger partial charge in [0.25, 0.3) is 5.91 Å². The summed E-state index contributed by atoms with van der Waals surface area (Å²) in [6, 6.07) is 7.46. The van der Waals surface area contributed by atoms with Crippen molar-refractivity contribution in [2.24, 2.45) is 0 Å². The van der Waals surface area contributed by atoms with E-state index in [-0.39, 0.29) is 36.9 Å². The maximum Gasteiger partial charge on any atom is 0.307 e. The molecule has 2 heterocycles. The second kappa shape index (κ2) is 8.76. The number of carbonyl (C=O) groups excluding carboxylic acids is 3. The maximum absolute atomic E-state index is 13.6. The smallest absolute Gasteiger partial charge is 0.307 e. The molecule has 1 spiro atoms. The van der Waals surface area contributed by atoms with Gasteiger partial charge < -0.3 is 19.7 Å². The van der Waals surface area contributed by atoms with Crippen molar-refractivity contribution in [2.45, 2.75) is 62.5 Å². The maximum atomic E-state index is 13.6. The zero-order valence-electron chi connectivity index (χ0n) is 17.5. The second-order valence-electron chi connectivity index (χ2n) is 8.50. The number of nitrogens with one attached hydrogen (secondary N) is 1. The largest absolute Gasteiger partial charge is 0.469 e. The highest BCUT2D eigenvalue weighted by atomic mass is 16.5. The molecule has 1 aromatic carbocycles. The lowest BCUT2D eigenvalue weighted by atomic mass is 9.71. The van der Waals surface area contributed by atoms with E-state index in [0.717, 1.165) is 50.7 Å². The molecule has 0 radical (unpaired) electrons. The lowest BCUT2D eigenvalue weighted by Crippen LogP contribution is -2.62. The molecular weight excluding hydrogens is 384 g/mol. The van der Waals surface area contributed by atoms with E-state index in [1.165, 1.54) is 7.11 Å². The molecule has 7 heteroatoms. The van der Waals surface area contributed by atoms with Gasteiger partial charge in [-0.2, -0.15) is 0 Å². The Balaban J connectivity index is 1.67. The number of benzene rings is 1. The molecule has 0 aromatic heterocycles. The van der Waals surface area contributed by atoms with Crippen molar-refractivity contribution in [1.82, 2.24) is 10.2 Å². The number of amides is 2. The van der Waals surface area contributed by atoms with Crippen LogP contribution in [0.3, 0.4) is 0 Å². The van der Waals surface area contributed by atoms with Crippen LogP contribution in [0.1, 0.15) is 66.8 Å². The van der Waals surface area contributed by atoms with Gasteiger partial charge in [0.05, 0.1) is 31.1 Å². The van der Waals surface area contributed by atoms with Crippen molar-refractivity contribution in [3.63, 3.8) is 0 Å². The van der Waals surface area contributed by atoms with Gasteiger partial charge in [-0.1, -0.05) is 31.0 Å². The summed E-state index contributed by atoms with van der Waals surface area (Å²) in [6.45, 7) is 1.48. The standard InChI is InChI=1S/C23H30N2O5/c1-29-19(26)10-13-24-21(27)20-17-8-2-3-9-18(17)22(28)25(15-16-7-6-14-30-16)23(20)11-4-5-12-23/h2-3,8-9,16,20H,4-7,10-15H2,1H3,(H,24,27)/t16-,20-/m0/s1. The van der Waals surface area contributed by atoms with Crippen LogP contribution >= 0.6 is 0 Å². The van der Waals surface area contributed by atoms with Gasteiger partial charge in [-0.05, 0) is 37.3 Å². The Labute approximate surface area is 177 Å². The molecule has 2 atom stereocenters. The number of hydrogen-bond acceptors (Lipinski definition) is 5. The highest BCUT2D eigenvalue weighted by Gasteiger charge is 2.55. The molecular formula is C23H30N2O5. The van der Waals surface area contributed by atoms with Crippen LogP contribution in [0.2, 0.25) is 0 Å². The van der Waals surface area contributed by atoms with Crippen LogP contribution in [-0.4, -0.2) is 61.1 Å². The number of nitrogens with zero attached hydrogens (tertiary/aromatic N) is 1. The van der Waals surface area contributed by atoms with E-state index in [2.05, 4.69) is 10.1 Å². The van der Waals surface area contributed by atoms with E-state index in [9.17, 15) is 14.4 Å². The number of rotatable bonds is 6. The highest BCUT2D eigenvalue weighted by molar-refractivity contribution is 6.02. The van der Waals surface area contributed by atoms with Crippen molar-refractivity contribution in [3.05, 3.63) is 35.4 Å². The topological polar surface area (TPSA) is 84.9 Å². The number of methoxy groups -OCH3 is 1. The van der Waals surface area contributed by atoms with Crippen molar-refractivity contribution < 1.29 is 23.9 Å². The van der Waals surface area contributed by atoms with Gasteiger partial charge in [0.2, 0.25) is 5.91 Å². The van der Waals surface area contributed by atoms with Crippen LogP contribution < -0.4 is 5.32 Å². The Kier molecular flexibility index (Phi) is 6.09. The Morgan fingerprint density at radius 2 is 2.00 bits per heavy atom. The summed E-state index contributed by atoms with van der Waals surface area (Å²) >= 11 is 0. The zero-order chi connectivity index (χ0) is 21.1. The van der Waals surface area contributed by atoms with Gasteiger partial charge in [0, 0.05) is 25.3 Å². The molecule has 3 aliphatic rings. The molecule has 162 valence electrons. The quantitative estimate of drug-likeness (QED) is 0.723. The molecule has 4 rings (SSSR count). The molecule has 30 heavy (non-hydrogen) atoms. The average molecular weight is 415 g/mol. The van der Waals surface area contributed by atoms with Gasteiger partial charge in [0.1, 0.15) is 0 Å². The minimum atomic E-state index is -0.535. The normalized spacial score (nSPS) is 24.7. The lowest BCUT2D eigenvalue weighted by Gasteiger charge is -2.50. The molecule has 1 N–H and O–H groups in total. The minimum Gasteiger partial charge on any atom is -0.469 e. The molecule has 1 aliphatic carbocycles. The van der Waals surface area contributed by atoms with E-state index in [1.54, 1.807) is 0 Å². The first-order valence-electron chi connectivity index (χ1n) is 10.9.